The Morgan fingerprint density at radius 2 is 1.96 bits per heavy atom. The van der Waals surface area contributed by atoms with E-state index in [1.54, 1.807) is 0 Å². The van der Waals surface area contributed by atoms with E-state index in [2.05, 4.69) is 4.98 Å². The third kappa shape index (κ3) is 2.68. The molecule has 0 aliphatic carbocycles. The molecule has 1 fully saturated rings. The predicted molar refractivity (Wildman–Crippen MR) is 90.9 cm³/mol. The van der Waals surface area contributed by atoms with Crippen molar-refractivity contribution in [1.29, 1.82) is 0 Å². The molecular weight excluding hydrogens is 348 g/mol. The number of rotatable bonds is 4. The first kappa shape index (κ1) is 15.6. The Morgan fingerprint density at radius 1 is 1.17 bits per heavy atom. The highest BCUT2D eigenvalue weighted by molar-refractivity contribution is 7.89. The Hall–Kier alpha value is -1.97. The molecular formula is C15H16N4O3S2. The summed E-state index contributed by atoms with van der Waals surface area (Å²) in [5.41, 5.74) is 0.478. The van der Waals surface area contributed by atoms with Crippen LogP contribution in [0.15, 0.2) is 45.8 Å². The van der Waals surface area contributed by atoms with Crippen molar-refractivity contribution < 1.29 is 8.42 Å². The third-order valence-electron chi connectivity index (χ3n) is 4.13. The minimum Gasteiger partial charge on any atom is -0.308 e. The third-order valence-corrected chi connectivity index (χ3v) is 6.79. The van der Waals surface area contributed by atoms with E-state index in [0.717, 1.165) is 23.5 Å². The van der Waals surface area contributed by atoms with Crippen molar-refractivity contribution in [2.24, 2.45) is 0 Å². The maximum atomic E-state index is 12.6. The number of aromatic nitrogens is 3. The van der Waals surface area contributed by atoms with E-state index in [1.807, 2.05) is 22.2 Å². The molecule has 0 amide bonds. The average Bonchev–Trinajstić information content (AvgIpc) is 3.25. The molecule has 1 aliphatic rings. The minimum absolute atomic E-state index is 0.157. The summed E-state index contributed by atoms with van der Waals surface area (Å²) in [6.45, 7) is 1.33. The monoisotopic (exact) mass is 364 g/mol. The van der Waals surface area contributed by atoms with Gasteiger partial charge in [-0.05, 0) is 18.9 Å². The summed E-state index contributed by atoms with van der Waals surface area (Å²) in [5, 5.41) is 1.93. The molecule has 4 heterocycles. The van der Waals surface area contributed by atoms with Crippen LogP contribution in [0.5, 0.6) is 0 Å². The summed E-state index contributed by atoms with van der Waals surface area (Å²) in [6, 6.07) is 2.69. The standard InChI is InChI=1S/C15H16N4O3S2/c20-14-4-3-13(24(21,22)19-5-1-2-6-19)11-18(14)10-12-9-17-7-8-23-15(17)16-12/h3-4,7-9,11H,1-2,5-6,10H2. The zero-order chi connectivity index (χ0) is 16.7. The van der Waals surface area contributed by atoms with E-state index in [4.69, 9.17) is 0 Å². The van der Waals surface area contributed by atoms with Gasteiger partial charge in [0.05, 0.1) is 17.1 Å². The topological polar surface area (TPSA) is 76.7 Å². The molecule has 0 spiro atoms. The van der Waals surface area contributed by atoms with Gasteiger partial charge < -0.3 is 4.57 Å². The van der Waals surface area contributed by atoms with E-state index in [-0.39, 0.29) is 17.0 Å². The van der Waals surface area contributed by atoms with Gasteiger partial charge in [-0.25, -0.2) is 13.4 Å². The summed E-state index contributed by atoms with van der Waals surface area (Å²) < 4.78 is 30.0. The molecule has 0 unspecified atom stereocenters. The lowest BCUT2D eigenvalue weighted by Crippen LogP contribution is -2.29. The molecule has 4 rings (SSSR count). The highest BCUT2D eigenvalue weighted by atomic mass is 32.2. The van der Waals surface area contributed by atoms with Gasteiger partial charge >= 0.3 is 0 Å². The van der Waals surface area contributed by atoms with Crippen LogP contribution in [0.1, 0.15) is 18.5 Å². The van der Waals surface area contributed by atoms with Crippen LogP contribution < -0.4 is 5.56 Å². The van der Waals surface area contributed by atoms with Gasteiger partial charge in [-0.1, -0.05) is 0 Å². The largest absolute Gasteiger partial charge is 0.308 e. The molecule has 0 atom stereocenters. The van der Waals surface area contributed by atoms with Gasteiger partial charge in [0.2, 0.25) is 10.0 Å². The van der Waals surface area contributed by atoms with Gasteiger partial charge in [-0.3, -0.25) is 9.20 Å². The highest BCUT2D eigenvalue weighted by Crippen LogP contribution is 2.20. The van der Waals surface area contributed by atoms with Crippen molar-refractivity contribution in [3.8, 4) is 0 Å². The van der Waals surface area contributed by atoms with Crippen LogP contribution in [-0.2, 0) is 16.6 Å². The SMILES string of the molecule is O=c1ccc(S(=O)(=O)N2CCCC2)cn1Cc1cn2ccsc2n1. The molecule has 3 aromatic rings. The van der Waals surface area contributed by atoms with Gasteiger partial charge in [0.15, 0.2) is 4.96 Å². The van der Waals surface area contributed by atoms with Crippen LogP contribution in [-0.4, -0.2) is 39.8 Å². The lowest BCUT2D eigenvalue weighted by atomic mass is 10.4. The molecule has 0 saturated carbocycles. The Bertz CT molecular complexity index is 1010. The first-order valence-electron chi connectivity index (χ1n) is 7.66. The Labute approximate surface area is 142 Å². The summed E-state index contributed by atoms with van der Waals surface area (Å²) in [6.07, 6.45) is 6.92. The fourth-order valence-corrected chi connectivity index (χ4v) is 5.15. The molecule has 0 radical (unpaired) electrons. The van der Waals surface area contributed by atoms with Gasteiger partial charge in [-0.2, -0.15) is 4.31 Å². The Kier molecular flexibility index (Phi) is 3.78. The van der Waals surface area contributed by atoms with Crippen molar-refractivity contribution in [2.45, 2.75) is 24.3 Å². The fraction of sp³-hybridized carbons (Fsp3) is 0.333. The molecule has 3 aromatic heterocycles. The van der Waals surface area contributed by atoms with E-state index in [1.165, 1.54) is 38.5 Å². The van der Waals surface area contributed by atoms with Crippen LogP contribution in [0.4, 0.5) is 0 Å². The fourth-order valence-electron chi connectivity index (χ4n) is 2.89. The second-order valence-corrected chi connectivity index (χ2v) is 8.58. The molecule has 7 nitrogen and oxygen atoms in total. The van der Waals surface area contributed by atoms with Crippen molar-refractivity contribution >= 4 is 26.3 Å². The lowest BCUT2D eigenvalue weighted by molar-refractivity contribution is 0.476. The zero-order valence-electron chi connectivity index (χ0n) is 12.8. The average molecular weight is 364 g/mol. The maximum Gasteiger partial charge on any atom is 0.250 e. The number of thiazole rings is 1. The molecule has 9 heteroatoms. The number of sulfonamides is 1. The van der Waals surface area contributed by atoms with Gasteiger partial charge in [0.1, 0.15) is 0 Å². The molecule has 126 valence electrons. The lowest BCUT2D eigenvalue weighted by Gasteiger charge is -2.16. The van der Waals surface area contributed by atoms with Crippen LogP contribution >= 0.6 is 11.3 Å². The van der Waals surface area contributed by atoms with E-state index < -0.39 is 10.0 Å². The van der Waals surface area contributed by atoms with Crippen molar-refractivity contribution in [3.63, 3.8) is 0 Å². The zero-order valence-corrected chi connectivity index (χ0v) is 14.5. The first-order chi connectivity index (χ1) is 11.5. The van der Waals surface area contributed by atoms with Crippen LogP contribution in [0, 0.1) is 0 Å². The molecule has 1 saturated heterocycles. The van der Waals surface area contributed by atoms with Crippen LogP contribution in [0.2, 0.25) is 0 Å². The molecule has 0 bridgehead atoms. The summed E-state index contributed by atoms with van der Waals surface area (Å²) in [7, 11) is -3.53. The number of pyridine rings is 1. The Morgan fingerprint density at radius 3 is 2.71 bits per heavy atom. The normalized spacial score (nSPS) is 16.2. The predicted octanol–water partition coefficient (Wildman–Crippen LogP) is 1.39. The minimum atomic E-state index is -3.53. The molecule has 24 heavy (non-hydrogen) atoms. The van der Waals surface area contributed by atoms with Crippen molar-refractivity contribution in [3.05, 3.63) is 52.2 Å². The number of imidazole rings is 1. The van der Waals surface area contributed by atoms with Gasteiger partial charge in [0.25, 0.3) is 5.56 Å². The van der Waals surface area contributed by atoms with Crippen molar-refractivity contribution in [1.82, 2.24) is 18.3 Å². The highest BCUT2D eigenvalue weighted by Gasteiger charge is 2.27. The molecule has 1 aliphatic heterocycles. The summed E-state index contributed by atoms with van der Waals surface area (Å²) in [5.74, 6) is 0. The first-order valence-corrected chi connectivity index (χ1v) is 9.98. The summed E-state index contributed by atoms with van der Waals surface area (Å²) in [4.78, 5) is 17.5. The molecule has 0 N–H and O–H groups in total. The van der Waals surface area contributed by atoms with E-state index in [0.29, 0.717) is 13.1 Å². The smallest absolute Gasteiger partial charge is 0.250 e. The second kappa shape index (κ2) is 5.83. The second-order valence-electron chi connectivity index (χ2n) is 5.77. The quantitative estimate of drug-likeness (QED) is 0.701. The number of nitrogens with zero attached hydrogens (tertiary/aromatic N) is 4. The van der Waals surface area contributed by atoms with Gasteiger partial charge in [0, 0.05) is 43.1 Å². The van der Waals surface area contributed by atoms with E-state index >= 15 is 0 Å². The maximum absolute atomic E-state index is 12.6. The Balaban J connectivity index is 1.68. The molecule has 0 aromatic carbocycles. The van der Waals surface area contributed by atoms with E-state index in [9.17, 15) is 13.2 Å². The van der Waals surface area contributed by atoms with Crippen molar-refractivity contribution in [2.75, 3.05) is 13.1 Å². The van der Waals surface area contributed by atoms with Crippen LogP contribution in [0.25, 0.3) is 4.96 Å². The van der Waals surface area contributed by atoms with Gasteiger partial charge in [-0.15, -0.1) is 11.3 Å². The summed E-state index contributed by atoms with van der Waals surface area (Å²) >= 11 is 1.51. The van der Waals surface area contributed by atoms with Crippen LogP contribution in [0.3, 0.4) is 0 Å². The number of hydrogen-bond acceptors (Lipinski definition) is 5. The number of hydrogen-bond donors (Lipinski definition) is 0. The number of fused-ring (bicyclic) bond motifs is 1.